The molecule has 0 saturated heterocycles. The van der Waals surface area contributed by atoms with Crippen molar-refractivity contribution in [3.8, 4) is 0 Å². The third-order valence-electron chi connectivity index (χ3n) is 2.59. The summed E-state index contributed by atoms with van der Waals surface area (Å²) in [5.41, 5.74) is 1.18. The minimum Gasteiger partial charge on any atom is -0.382 e. The first-order valence-electron chi connectivity index (χ1n) is 4.76. The van der Waals surface area contributed by atoms with Crippen LogP contribution in [0.5, 0.6) is 0 Å². The molecule has 0 amide bonds. The number of rotatable bonds is 2. The summed E-state index contributed by atoms with van der Waals surface area (Å²) in [6.45, 7) is 2.29. The minimum atomic E-state index is 0.677. The maximum atomic E-state index is 5.79. The Morgan fingerprint density at radius 3 is 2.38 bits per heavy atom. The van der Waals surface area contributed by atoms with Crippen LogP contribution in [0.1, 0.15) is 19.8 Å². The fourth-order valence-corrected chi connectivity index (χ4v) is 1.93. The van der Waals surface area contributed by atoms with Gasteiger partial charge in [-0.3, -0.25) is 0 Å². The lowest BCUT2D eigenvalue weighted by atomic mass is 9.82. The number of benzene rings is 1. The second-order valence-corrected chi connectivity index (χ2v) is 4.36. The average molecular weight is 196 g/mol. The Hall–Kier alpha value is -0.690. The molecule has 1 saturated carbocycles. The second kappa shape index (κ2) is 3.59. The molecule has 0 heterocycles. The van der Waals surface area contributed by atoms with Crippen LogP contribution >= 0.6 is 11.6 Å². The summed E-state index contributed by atoms with van der Waals surface area (Å²) in [6.07, 6.45) is 2.59. The van der Waals surface area contributed by atoms with E-state index >= 15 is 0 Å². The van der Waals surface area contributed by atoms with Gasteiger partial charge in [-0.15, -0.1) is 0 Å². The standard InChI is InChI=1S/C11H14ClN/c1-8-6-11(7-8)13-10-4-2-9(12)3-5-10/h2-5,8,11,13H,6-7H2,1H3. The smallest absolute Gasteiger partial charge is 0.0407 e. The normalized spacial score (nSPS) is 26.6. The van der Waals surface area contributed by atoms with Crippen LogP contribution in [0.3, 0.4) is 0 Å². The molecule has 0 aliphatic heterocycles. The minimum absolute atomic E-state index is 0.677. The van der Waals surface area contributed by atoms with E-state index in [4.69, 9.17) is 11.6 Å². The van der Waals surface area contributed by atoms with Crippen LogP contribution < -0.4 is 5.32 Å². The largest absolute Gasteiger partial charge is 0.382 e. The predicted molar refractivity (Wildman–Crippen MR) is 57.3 cm³/mol. The molecule has 2 rings (SSSR count). The zero-order valence-corrected chi connectivity index (χ0v) is 8.51. The summed E-state index contributed by atoms with van der Waals surface area (Å²) in [4.78, 5) is 0. The first kappa shape index (κ1) is 8.89. The highest BCUT2D eigenvalue weighted by atomic mass is 35.5. The van der Waals surface area contributed by atoms with Gasteiger partial charge in [0.1, 0.15) is 0 Å². The Kier molecular flexibility index (Phi) is 2.45. The molecule has 2 heteroatoms. The second-order valence-electron chi connectivity index (χ2n) is 3.92. The van der Waals surface area contributed by atoms with E-state index in [1.54, 1.807) is 0 Å². The fraction of sp³-hybridized carbons (Fsp3) is 0.455. The molecule has 0 aromatic heterocycles. The Labute approximate surface area is 84.1 Å². The third kappa shape index (κ3) is 2.16. The number of nitrogens with one attached hydrogen (secondary N) is 1. The Balaban J connectivity index is 1.91. The van der Waals surface area contributed by atoms with Gasteiger partial charge in [0.2, 0.25) is 0 Å². The molecule has 0 bridgehead atoms. The van der Waals surface area contributed by atoms with E-state index in [9.17, 15) is 0 Å². The Morgan fingerprint density at radius 2 is 1.85 bits per heavy atom. The van der Waals surface area contributed by atoms with Gasteiger partial charge in [0.25, 0.3) is 0 Å². The van der Waals surface area contributed by atoms with Crippen molar-refractivity contribution in [1.29, 1.82) is 0 Å². The van der Waals surface area contributed by atoms with Crippen LogP contribution in [0, 0.1) is 5.92 Å². The van der Waals surface area contributed by atoms with Crippen molar-refractivity contribution in [2.24, 2.45) is 5.92 Å². The van der Waals surface area contributed by atoms with Crippen molar-refractivity contribution in [2.45, 2.75) is 25.8 Å². The van der Waals surface area contributed by atoms with Gasteiger partial charge < -0.3 is 5.32 Å². The highest BCUT2D eigenvalue weighted by Gasteiger charge is 2.24. The van der Waals surface area contributed by atoms with Crippen molar-refractivity contribution < 1.29 is 0 Å². The summed E-state index contributed by atoms with van der Waals surface area (Å²) in [6, 6.07) is 8.59. The molecular formula is C11H14ClN. The van der Waals surface area contributed by atoms with Crippen molar-refractivity contribution in [1.82, 2.24) is 0 Å². The first-order valence-corrected chi connectivity index (χ1v) is 5.14. The third-order valence-corrected chi connectivity index (χ3v) is 2.84. The lowest BCUT2D eigenvalue weighted by Gasteiger charge is -2.34. The molecule has 1 aromatic carbocycles. The van der Waals surface area contributed by atoms with Gasteiger partial charge in [-0.2, -0.15) is 0 Å². The van der Waals surface area contributed by atoms with E-state index in [0.717, 1.165) is 10.9 Å². The molecule has 1 aliphatic rings. The van der Waals surface area contributed by atoms with Crippen LogP contribution in [-0.4, -0.2) is 6.04 Å². The number of anilines is 1. The maximum Gasteiger partial charge on any atom is 0.0407 e. The van der Waals surface area contributed by atoms with Crippen molar-refractivity contribution in [3.63, 3.8) is 0 Å². The van der Waals surface area contributed by atoms with Gasteiger partial charge in [0.15, 0.2) is 0 Å². The van der Waals surface area contributed by atoms with Gasteiger partial charge in [-0.25, -0.2) is 0 Å². The highest BCUT2D eigenvalue weighted by Crippen LogP contribution is 2.29. The van der Waals surface area contributed by atoms with Crippen molar-refractivity contribution in [2.75, 3.05) is 5.32 Å². The van der Waals surface area contributed by atoms with Crippen LogP contribution in [0.2, 0.25) is 5.02 Å². The zero-order valence-electron chi connectivity index (χ0n) is 7.76. The molecule has 1 nitrogen and oxygen atoms in total. The average Bonchev–Trinajstić information content (AvgIpc) is 2.06. The quantitative estimate of drug-likeness (QED) is 0.761. The molecule has 0 unspecified atom stereocenters. The van der Waals surface area contributed by atoms with Gasteiger partial charge >= 0.3 is 0 Å². The lowest BCUT2D eigenvalue weighted by molar-refractivity contribution is 0.309. The summed E-state index contributed by atoms with van der Waals surface area (Å²) in [5.74, 6) is 0.893. The summed E-state index contributed by atoms with van der Waals surface area (Å²) in [5, 5.41) is 4.28. The van der Waals surface area contributed by atoms with Crippen molar-refractivity contribution >= 4 is 17.3 Å². The molecule has 0 radical (unpaired) electrons. The predicted octanol–water partition coefficient (Wildman–Crippen LogP) is 3.55. The van der Waals surface area contributed by atoms with Gasteiger partial charge in [0.05, 0.1) is 0 Å². The van der Waals surface area contributed by atoms with Crippen LogP contribution in [0.15, 0.2) is 24.3 Å². The molecule has 1 aliphatic carbocycles. The molecule has 1 aromatic rings. The molecule has 1 fully saturated rings. The lowest BCUT2D eigenvalue weighted by Crippen LogP contribution is -2.33. The van der Waals surface area contributed by atoms with E-state index in [-0.39, 0.29) is 0 Å². The van der Waals surface area contributed by atoms with Crippen LogP contribution in [-0.2, 0) is 0 Å². The number of hydrogen-bond donors (Lipinski definition) is 1. The van der Waals surface area contributed by atoms with Crippen LogP contribution in [0.4, 0.5) is 5.69 Å². The monoisotopic (exact) mass is 195 g/mol. The maximum absolute atomic E-state index is 5.79. The highest BCUT2D eigenvalue weighted by molar-refractivity contribution is 6.30. The fourth-order valence-electron chi connectivity index (χ4n) is 1.80. The number of halogens is 1. The first-order chi connectivity index (χ1) is 6.24. The number of hydrogen-bond acceptors (Lipinski definition) is 1. The molecular weight excluding hydrogens is 182 g/mol. The molecule has 13 heavy (non-hydrogen) atoms. The topological polar surface area (TPSA) is 12.0 Å². The van der Waals surface area contributed by atoms with Gasteiger partial charge in [-0.05, 0) is 43.0 Å². The SMILES string of the molecule is CC1CC(Nc2ccc(Cl)cc2)C1. The molecule has 0 spiro atoms. The molecule has 1 N–H and O–H groups in total. The van der Waals surface area contributed by atoms with E-state index in [1.807, 2.05) is 24.3 Å². The van der Waals surface area contributed by atoms with Crippen LogP contribution in [0.25, 0.3) is 0 Å². The van der Waals surface area contributed by atoms with Crippen molar-refractivity contribution in [3.05, 3.63) is 29.3 Å². The summed E-state index contributed by atoms with van der Waals surface area (Å²) >= 11 is 5.79. The summed E-state index contributed by atoms with van der Waals surface area (Å²) in [7, 11) is 0. The van der Waals surface area contributed by atoms with E-state index in [2.05, 4.69) is 12.2 Å². The van der Waals surface area contributed by atoms with Gasteiger partial charge in [0, 0.05) is 16.8 Å². The van der Waals surface area contributed by atoms with Gasteiger partial charge in [-0.1, -0.05) is 18.5 Å². The molecule has 70 valence electrons. The Bertz CT molecular complexity index is 275. The van der Waals surface area contributed by atoms with E-state index in [0.29, 0.717) is 6.04 Å². The molecule has 0 atom stereocenters. The summed E-state index contributed by atoms with van der Waals surface area (Å²) < 4.78 is 0. The zero-order chi connectivity index (χ0) is 9.26. The van der Waals surface area contributed by atoms with E-state index in [1.165, 1.54) is 18.5 Å². The van der Waals surface area contributed by atoms with E-state index < -0.39 is 0 Å². The Morgan fingerprint density at radius 1 is 1.23 bits per heavy atom.